The number of ether oxygens (including phenoxy) is 3. The van der Waals surface area contributed by atoms with Crippen molar-refractivity contribution in [1.29, 1.82) is 0 Å². The summed E-state index contributed by atoms with van der Waals surface area (Å²) in [6.07, 6.45) is 5.24. The number of benzene rings is 2. The van der Waals surface area contributed by atoms with Crippen LogP contribution in [0.25, 0.3) is 6.08 Å². The molecule has 0 spiro atoms. The van der Waals surface area contributed by atoms with Crippen molar-refractivity contribution in [3.63, 3.8) is 0 Å². The van der Waals surface area contributed by atoms with E-state index in [1.807, 2.05) is 53.7 Å². The Morgan fingerprint density at radius 3 is 2.06 bits per heavy atom. The van der Waals surface area contributed by atoms with E-state index in [0.29, 0.717) is 22.8 Å². The predicted molar refractivity (Wildman–Crippen MR) is 136 cm³/mol. The van der Waals surface area contributed by atoms with E-state index in [0.717, 1.165) is 29.7 Å². The normalized spacial score (nSPS) is 12.0. The lowest BCUT2D eigenvalue weighted by Gasteiger charge is -2.28. The van der Waals surface area contributed by atoms with Gasteiger partial charge in [0.2, 0.25) is 0 Å². The third-order valence-corrected chi connectivity index (χ3v) is 4.41. The molecule has 4 nitrogen and oxygen atoms in total. The molecule has 0 heterocycles. The summed E-state index contributed by atoms with van der Waals surface area (Å²) in [5, 5.41) is 0. The monoisotopic (exact) mass is 450 g/mol. The molecule has 0 saturated carbocycles. The Bertz CT molecular complexity index is 1000. The Balaban J connectivity index is 2.49. The quantitative estimate of drug-likeness (QED) is 0.222. The van der Waals surface area contributed by atoms with Crippen molar-refractivity contribution >= 4 is 11.9 Å². The highest BCUT2D eigenvalue weighted by atomic mass is 16.5. The van der Waals surface area contributed by atoms with E-state index in [9.17, 15) is 4.79 Å². The van der Waals surface area contributed by atoms with Gasteiger partial charge in [-0.1, -0.05) is 26.0 Å². The van der Waals surface area contributed by atoms with Crippen molar-refractivity contribution < 1.29 is 19.0 Å². The van der Waals surface area contributed by atoms with E-state index < -0.39 is 11.2 Å². The first-order valence-corrected chi connectivity index (χ1v) is 11.5. The van der Waals surface area contributed by atoms with Crippen molar-refractivity contribution in [1.82, 2.24) is 0 Å². The lowest BCUT2D eigenvalue weighted by atomic mass is 10.0. The van der Waals surface area contributed by atoms with Gasteiger partial charge in [-0.3, -0.25) is 4.79 Å². The van der Waals surface area contributed by atoms with Crippen LogP contribution >= 0.6 is 0 Å². The van der Waals surface area contributed by atoms with Crippen LogP contribution in [0.3, 0.4) is 0 Å². The number of carbonyl (C=O) groups excluding carboxylic acids is 1. The molecule has 2 aromatic carbocycles. The highest BCUT2D eigenvalue weighted by Gasteiger charge is 2.22. The molecule has 0 saturated heterocycles. The molecule has 0 unspecified atom stereocenters. The average Bonchev–Trinajstić information content (AvgIpc) is 2.67. The van der Waals surface area contributed by atoms with Crippen LogP contribution in [-0.4, -0.2) is 17.0 Å². The van der Waals surface area contributed by atoms with E-state index in [4.69, 9.17) is 14.2 Å². The zero-order chi connectivity index (χ0) is 24.8. The first-order valence-electron chi connectivity index (χ1n) is 11.5. The predicted octanol–water partition coefficient (Wildman–Crippen LogP) is 7.80. The van der Waals surface area contributed by atoms with Crippen LogP contribution in [0.5, 0.6) is 17.2 Å². The van der Waals surface area contributed by atoms with Crippen LogP contribution in [0, 0.1) is 0 Å². The number of carbonyl (C=O) groups is 1. The van der Waals surface area contributed by atoms with Gasteiger partial charge in [0.15, 0.2) is 5.78 Å². The minimum atomic E-state index is -0.394. The molecule has 0 radical (unpaired) electrons. The second-order valence-corrected chi connectivity index (χ2v) is 10.2. The zero-order valence-corrected chi connectivity index (χ0v) is 21.4. The molecule has 2 aromatic rings. The summed E-state index contributed by atoms with van der Waals surface area (Å²) in [6, 6.07) is 11.1. The number of ketones is 1. The molecule has 0 aliphatic rings. The van der Waals surface area contributed by atoms with Crippen molar-refractivity contribution in [3.05, 3.63) is 71.5 Å². The Hall–Kier alpha value is -3.01. The van der Waals surface area contributed by atoms with Gasteiger partial charge >= 0.3 is 0 Å². The van der Waals surface area contributed by atoms with Crippen molar-refractivity contribution in [3.8, 4) is 17.2 Å². The Morgan fingerprint density at radius 1 is 0.939 bits per heavy atom. The molecule has 0 aromatic heterocycles. The van der Waals surface area contributed by atoms with E-state index in [-0.39, 0.29) is 5.78 Å². The molecule has 0 fully saturated rings. The first kappa shape index (κ1) is 26.2. The van der Waals surface area contributed by atoms with Gasteiger partial charge in [-0.15, -0.1) is 0 Å². The number of hydrogen-bond acceptors (Lipinski definition) is 4. The number of aryl methyl sites for hydroxylation is 1. The maximum absolute atomic E-state index is 12.9. The Labute approximate surface area is 199 Å². The second-order valence-electron chi connectivity index (χ2n) is 10.2. The standard InChI is InChI=1S/C29H38O4/c1-10-11-22-14-19-26(32-28(4,5)6)24(27(22)33-29(7,8)9)17-18-25(30)21-12-15-23(16-13-21)31-20(2)3/h12-19H,2,10-11H2,1,3-9H3/b18-17+. The van der Waals surface area contributed by atoms with Gasteiger partial charge in [0, 0.05) is 5.56 Å². The van der Waals surface area contributed by atoms with Crippen LogP contribution in [0.4, 0.5) is 0 Å². The summed E-state index contributed by atoms with van der Waals surface area (Å²) in [6.45, 7) is 19.7. The van der Waals surface area contributed by atoms with Gasteiger partial charge in [0.1, 0.15) is 28.5 Å². The summed E-state index contributed by atoms with van der Waals surface area (Å²) in [5.74, 6) is 2.59. The van der Waals surface area contributed by atoms with Gasteiger partial charge in [-0.2, -0.15) is 0 Å². The molecule has 0 N–H and O–H groups in total. The highest BCUT2D eigenvalue weighted by Crippen LogP contribution is 2.38. The van der Waals surface area contributed by atoms with Gasteiger partial charge in [0.25, 0.3) is 0 Å². The second kappa shape index (κ2) is 10.7. The highest BCUT2D eigenvalue weighted by molar-refractivity contribution is 6.07. The van der Waals surface area contributed by atoms with Crippen molar-refractivity contribution in [2.24, 2.45) is 0 Å². The van der Waals surface area contributed by atoms with E-state index in [1.54, 1.807) is 37.3 Å². The first-order chi connectivity index (χ1) is 15.3. The van der Waals surface area contributed by atoms with E-state index in [2.05, 4.69) is 19.6 Å². The molecule has 0 atom stereocenters. The zero-order valence-electron chi connectivity index (χ0n) is 21.4. The Morgan fingerprint density at radius 2 is 1.55 bits per heavy atom. The Kier molecular flexibility index (Phi) is 8.54. The summed E-state index contributed by atoms with van der Waals surface area (Å²) in [5.41, 5.74) is 1.66. The average molecular weight is 451 g/mol. The van der Waals surface area contributed by atoms with Gasteiger partial charge in [0.05, 0.1) is 11.3 Å². The number of hydrogen-bond donors (Lipinski definition) is 0. The van der Waals surface area contributed by atoms with Crippen LogP contribution in [0.1, 0.15) is 83.3 Å². The maximum Gasteiger partial charge on any atom is 0.185 e. The summed E-state index contributed by atoms with van der Waals surface area (Å²) in [7, 11) is 0. The fraction of sp³-hybridized carbons (Fsp3) is 0.414. The maximum atomic E-state index is 12.9. The van der Waals surface area contributed by atoms with Crippen molar-refractivity contribution in [2.45, 2.75) is 79.4 Å². The van der Waals surface area contributed by atoms with Crippen LogP contribution in [0.15, 0.2) is 54.8 Å². The fourth-order valence-electron chi connectivity index (χ4n) is 3.24. The molecular weight excluding hydrogens is 412 g/mol. The van der Waals surface area contributed by atoms with E-state index in [1.165, 1.54) is 0 Å². The molecule has 33 heavy (non-hydrogen) atoms. The lowest BCUT2D eigenvalue weighted by molar-refractivity contribution is 0.104. The summed E-state index contributed by atoms with van der Waals surface area (Å²) >= 11 is 0. The number of rotatable bonds is 9. The largest absolute Gasteiger partial charge is 0.487 e. The van der Waals surface area contributed by atoms with Gasteiger partial charge < -0.3 is 14.2 Å². The SMILES string of the molecule is C=C(C)Oc1ccc(C(=O)/C=C/c2c(OC(C)(C)C)ccc(CCC)c2OC(C)(C)C)cc1. The summed E-state index contributed by atoms with van der Waals surface area (Å²) in [4.78, 5) is 12.9. The van der Waals surface area contributed by atoms with Crippen LogP contribution in [-0.2, 0) is 6.42 Å². The third kappa shape index (κ3) is 8.45. The molecule has 0 aliphatic heterocycles. The molecule has 0 bridgehead atoms. The minimum absolute atomic E-state index is 0.110. The molecule has 4 heteroatoms. The molecular formula is C29H38O4. The summed E-state index contributed by atoms with van der Waals surface area (Å²) < 4.78 is 18.1. The molecule has 2 rings (SSSR count). The van der Waals surface area contributed by atoms with E-state index >= 15 is 0 Å². The van der Waals surface area contributed by atoms with Crippen LogP contribution < -0.4 is 14.2 Å². The van der Waals surface area contributed by atoms with Crippen LogP contribution in [0.2, 0.25) is 0 Å². The van der Waals surface area contributed by atoms with Gasteiger partial charge in [-0.25, -0.2) is 0 Å². The molecule has 0 amide bonds. The molecule has 0 aliphatic carbocycles. The smallest absolute Gasteiger partial charge is 0.185 e. The topological polar surface area (TPSA) is 44.8 Å². The fourth-order valence-corrected chi connectivity index (χ4v) is 3.24. The van der Waals surface area contributed by atoms with Crippen molar-refractivity contribution in [2.75, 3.05) is 0 Å². The minimum Gasteiger partial charge on any atom is -0.487 e. The van der Waals surface area contributed by atoms with Gasteiger partial charge in [-0.05, 0) is 103 Å². The third-order valence-electron chi connectivity index (χ3n) is 4.41. The number of allylic oxidation sites excluding steroid dienone is 2. The molecule has 178 valence electrons. The lowest BCUT2D eigenvalue weighted by Crippen LogP contribution is -2.26.